The van der Waals surface area contributed by atoms with Gasteiger partial charge in [0.2, 0.25) is 5.88 Å². The van der Waals surface area contributed by atoms with Gasteiger partial charge in [0.05, 0.1) is 5.56 Å². The van der Waals surface area contributed by atoms with E-state index in [1.54, 1.807) is 6.07 Å². The van der Waals surface area contributed by atoms with Crippen LogP contribution in [-0.4, -0.2) is 28.4 Å². The molecule has 3 aromatic rings. The quantitative estimate of drug-likeness (QED) is 0.283. The zero-order valence-electron chi connectivity index (χ0n) is 20.3. The number of nitrogens with two attached hydrogens (primary N) is 1. The molecule has 0 saturated heterocycles. The lowest BCUT2D eigenvalue weighted by molar-refractivity contribution is -0.138. The van der Waals surface area contributed by atoms with Crippen LogP contribution >= 0.6 is 0 Å². The van der Waals surface area contributed by atoms with Crippen molar-refractivity contribution in [2.24, 2.45) is 5.73 Å². The van der Waals surface area contributed by atoms with Crippen molar-refractivity contribution in [3.63, 3.8) is 0 Å². The number of amides is 1. The van der Waals surface area contributed by atoms with Crippen LogP contribution in [0.5, 0.6) is 5.88 Å². The fourth-order valence-electron chi connectivity index (χ4n) is 3.79. The molecule has 1 aromatic heterocycles. The Hall–Kier alpha value is -3.88. The number of benzene rings is 2. The summed E-state index contributed by atoms with van der Waals surface area (Å²) < 4.78 is 44.1. The predicted molar refractivity (Wildman–Crippen MR) is 132 cm³/mol. The Kier molecular flexibility index (Phi) is 8.02. The first-order valence-electron chi connectivity index (χ1n) is 11.4. The van der Waals surface area contributed by atoms with Crippen LogP contribution in [0.15, 0.2) is 72.9 Å². The first-order chi connectivity index (χ1) is 16.9. The monoisotopic (exact) mass is 498 g/mol. The van der Waals surface area contributed by atoms with E-state index in [2.05, 4.69) is 10.3 Å². The summed E-state index contributed by atoms with van der Waals surface area (Å²) >= 11 is 0. The third-order valence-corrected chi connectivity index (χ3v) is 5.86. The van der Waals surface area contributed by atoms with Gasteiger partial charge >= 0.3 is 6.18 Å². The van der Waals surface area contributed by atoms with Gasteiger partial charge < -0.3 is 15.8 Å². The normalized spacial score (nSPS) is 13.5. The van der Waals surface area contributed by atoms with Crippen LogP contribution in [0, 0.1) is 5.41 Å². The molecule has 0 aliphatic carbocycles. The Morgan fingerprint density at radius 3 is 2.36 bits per heavy atom. The largest absolute Gasteiger partial charge is 0.462 e. The highest BCUT2D eigenvalue weighted by molar-refractivity contribution is 5.95. The number of aromatic nitrogens is 1. The van der Waals surface area contributed by atoms with Crippen LogP contribution in [0.2, 0.25) is 0 Å². The predicted octanol–water partition coefficient (Wildman–Crippen LogP) is 5.07. The lowest BCUT2D eigenvalue weighted by Gasteiger charge is -2.31. The van der Waals surface area contributed by atoms with Crippen molar-refractivity contribution < 1.29 is 22.7 Å². The minimum atomic E-state index is -4.51. The number of alkyl halides is 3. The SMILES string of the molecule is CC(NC(=O)C(C)(C)Oc1ccc(C(F)(F)F)cn1)C(Cc1ccccc1)c1cccc(C(=N)N)c1. The van der Waals surface area contributed by atoms with Gasteiger partial charge in [0, 0.05) is 29.8 Å². The Morgan fingerprint density at radius 1 is 1.08 bits per heavy atom. The molecule has 0 fully saturated rings. The van der Waals surface area contributed by atoms with Crippen LogP contribution in [0.4, 0.5) is 13.2 Å². The molecule has 0 aliphatic rings. The number of amidine groups is 1. The van der Waals surface area contributed by atoms with Gasteiger partial charge in [-0.3, -0.25) is 10.2 Å². The molecule has 4 N–H and O–H groups in total. The van der Waals surface area contributed by atoms with Crippen molar-refractivity contribution in [3.05, 3.63) is 95.2 Å². The average molecular weight is 499 g/mol. The number of nitrogens with zero attached hydrogens (tertiary/aromatic N) is 1. The molecule has 36 heavy (non-hydrogen) atoms. The van der Waals surface area contributed by atoms with E-state index in [1.807, 2.05) is 55.5 Å². The van der Waals surface area contributed by atoms with Crippen molar-refractivity contribution in [1.29, 1.82) is 5.41 Å². The summed E-state index contributed by atoms with van der Waals surface area (Å²) in [5.41, 5.74) is 5.94. The second-order valence-electron chi connectivity index (χ2n) is 9.09. The van der Waals surface area contributed by atoms with Crippen molar-refractivity contribution in [2.45, 2.75) is 50.9 Å². The second kappa shape index (κ2) is 10.8. The molecule has 0 radical (unpaired) electrons. The molecule has 6 nitrogen and oxygen atoms in total. The Bertz CT molecular complexity index is 1200. The Balaban J connectivity index is 1.79. The van der Waals surface area contributed by atoms with Crippen LogP contribution in [0.3, 0.4) is 0 Å². The van der Waals surface area contributed by atoms with E-state index >= 15 is 0 Å². The number of carbonyl (C=O) groups is 1. The summed E-state index contributed by atoms with van der Waals surface area (Å²) in [6, 6.07) is 18.7. The highest BCUT2D eigenvalue weighted by Gasteiger charge is 2.34. The highest BCUT2D eigenvalue weighted by atomic mass is 19.4. The molecule has 0 saturated carbocycles. The third kappa shape index (κ3) is 6.84. The summed E-state index contributed by atoms with van der Waals surface area (Å²) in [5, 5.41) is 10.8. The van der Waals surface area contributed by atoms with Gasteiger partial charge in [-0.15, -0.1) is 0 Å². The Morgan fingerprint density at radius 2 is 1.78 bits per heavy atom. The molecule has 0 aliphatic heterocycles. The van der Waals surface area contributed by atoms with E-state index in [9.17, 15) is 18.0 Å². The highest BCUT2D eigenvalue weighted by Crippen LogP contribution is 2.30. The maximum atomic E-state index is 13.2. The number of halogens is 3. The second-order valence-corrected chi connectivity index (χ2v) is 9.09. The van der Waals surface area contributed by atoms with Gasteiger partial charge in [-0.05, 0) is 50.5 Å². The average Bonchev–Trinajstić information content (AvgIpc) is 2.82. The molecular formula is C27H29F3N4O2. The minimum absolute atomic E-state index is 0.0504. The van der Waals surface area contributed by atoms with E-state index in [1.165, 1.54) is 13.8 Å². The van der Waals surface area contributed by atoms with Crippen LogP contribution in [0.1, 0.15) is 48.9 Å². The zero-order valence-corrected chi connectivity index (χ0v) is 20.3. The Labute approximate surface area is 208 Å². The number of hydrogen-bond donors (Lipinski definition) is 3. The lowest BCUT2D eigenvalue weighted by atomic mass is 9.85. The number of pyridine rings is 1. The fraction of sp³-hybridized carbons (Fsp3) is 0.296. The molecule has 0 spiro atoms. The molecule has 3 rings (SSSR count). The lowest BCUT2D eigenvalue weighted by Crippen LogP contribution is -2.51. The zero-order chi connectivity index (χ0) is 26.5. The van der Waals surface area contributed by atoms with E-state index in [4.69, 9.17) is 15.9 Å². The summed E-state index contributed by atoms with van der Waals surface area (Å²) in [5.74, 6) is -0.746. The summed E-state index contributed by atoms with van der Waals surface area (Å²) in [6.07, 6.45) is -3.23. The van der Waals surface area contributed by atoms with Crippen molar-refractivity contribution >= 4 is 11.7 Å². The van der Waals surface area contributed by atoms with E-state index in [0.717, 1.165) is 23.3 Å². The molecule has 0 bridgehead atoms. The molecule has 1 amide bonds. The van der Waals surface area contributed by atoms with Gasteiger partial charge in [0.15, 0.2) is 5.60 Å². The summed E-state index contributed by atoms with van der Waals surface area (Å²) in [4.78, 5) is 16.9. The fourth-order valence-corrected chi connectivity index (χ4v) is 3.79. The molecule has 190 valence electrons. The number of nitrogen functional groups attached to an aromatic ring is 1. The van der Waals surface area contributed by atoms with E-state index in [0.29, 0.717) is 18.2 Å². The minimum Gasteiger partial charge on any atom is -0.462 e. The number of carbonyl (C=O) groups excluding carboxylic acids is 1. The van der Waals surface area contributed by atoms with Gasteiger partial charge in [0.1, 0.15) is 5.84 Å². The molecular weight excluding hydrogens is 469 g/mol. The number of nitrogens with one attached hydrogen (secondary N) is 2. The van der Waals surface area contributed by atoms with Gasteiger partial charge in [0.25, 0.3) is 5.91 Å². The maximum absolute atomic E-state index is 13.2. The summed E-state index contributed by atoms with van der Waals surface area (Å²) in [7, 11) is 0. The van der Waals surface area contributed by atoms with E-state index in [-0.39, 0.29) is 23.7 Å². The topological polar surface area (TPSA) is 101 Å². The van der Waals surface area contributed by atoms with Gasteiger partial charge in [-0.2, -0.15) is 13.2 Å². The molecule has 2 unspecified atom stereocenters. The van der Waals surface area contributed by atoms with E-state index < -0.39 is 23.2 Å². The number of rotatable bonds is 9. The maximum Gasteiger partial charge on any atom is 0.417 e. The third-order valence-electron chi connectivity index (χ3n) is 5.86. The van der Waals surface area contributed by atoms with Crippen LogP contribution in [0.25, 0.3) is 0 Å². The standard InChI is InChI=1S/C27H29F3N4O2/c1-17(34-25(35)26(2,3)36-23-13-12-21(16-33-23)27(28,29)30)22(14-18-8-5-4-6-9-18)19-10-7-11-20(15-19)24(31)32/h4-13,15-17,22H,14H2,1-3H3,(H3,31,32)(H,34,35). The molecule has 2 aromatic carbocycles. The first kappa shape index (κ1) is 26.7. The molecule has 9 heteroatoms. The van der Waals surface area contributed by atoms with Crippen LogP contribution < -0.4 is 15.8 Å². The number of ether oxygens (including phenoxy) is 1. The van der Waals surface area contributed by atoms with Gasteiger partial charge in [-0.25, -0.2) is 4.98 Å². The smallest absolute Gasteiger partial charge is 0.417 e. The molecule has 1 heterocycles. The van der Waals surface area contributed by atoms with Crippen molar-refractivity contribution in [3.8, 4) is 5.88 Å². The van der Waals surface area contributed by atoms with Crippen LogP contribution in [-0.2, 0) is 17.4 Å². The van der Waals surface area contributed by atoms with Gasteiger partial charge in [-0.1, -0.05) is 48.5 Å². The van der Waals surface area contributed by atoms with Crippen molar-refractivity contribution in [2.75, 3.05) is 0 Å². The van der Waals surface area contributed by atoms with Crippen molar-refractivity contribution in [1.82, 2.24) is 10.3 Å². The molecule has 2 atom stereocenters. The summed E-state index contributed by atoms with van der Waals surface area (Å²) in [6.45, 7) is 4.92. The number of hydrogen-bond acceptors (Lipinski definition) is 4. The first-order valence-corrected chi connectivity index (χ1v) is 11.4.